The fourth-order valence-corrected chi connectivity index (χ4v) is 3.14. The second-order valence-corrected chi connectivity index (χ2v) is 7.00. The lowest BCUT2D eigenvalue weighted by atomic mass is 10.1. The molecular formula is C17H17BrN2O2S. The van der Waals surface area contributed by atoms with Gasteiger partial charge in [0, 0.05) is 14.9 Å². The van der Waals surface area contributed by atoms with Crippen molar-refractivity contribution < 1.29 is 9.59 Å². The summed E-state index contributed by atoms with van der Waals surface area (Å²) in [6.45, 7) is 3.94. The highest BCUT2D eigenvalue weighted by molar-refractivity contribution is 9.10. The standard InChI is InChI=1S/C17H17BrN2O2S/c1-11-3-5-13(6-4-11)17(22)20-19-16(21)10-23-15-8-7-14(18)9-12(15)2/h3-9H,10H2,1-2H3,(H,19,21)(H,20,22). The van der Waals surface area contributed by atoms with Gasteiger partial charge >= 0.3 is 0 Å². The monoisotopic (exact) mass is 392 g/mol. The number of hydrazine groups is 1. The molecule has 2 aromatic rings. The van der Waals surface area contributed by atoms with Crippen molar-refractivity contribution >= 4 is 39.5 Å². The molecule has 0 aliphatic heterocycles. The van der Waals surface area contributed by atoms with Gasteiger partial charge in [0.05, 0.1) is 5.75 Å². The molecule has 2 amide bonds. The van der Waals surface area contributed by atoms with Crippen molar-refractivity contribution in [2.75, 3.05) is 5.75 Å². The molecule has 0 saturated carbocycles. The number of nitrogens with one attached hydrogen (secondary N) is 2. The van der Waals surface area contributed by atoms with E-state index in [4.69, 9.17) is 0 Å². The van der Waals surface area contributed by atoms with Gasteiger partial charge in [-0.1, -0.05) is 33.6 Å². The van der Waals surface area contributed by atoms with Crippen LogP contribution < -0.4 is 10.9 Å². The molecule has 0 heterocycles. The highest BCUT2D eigenvalue weighted by Crippen LogP contribution is 2.24. The van der Waals surface area contributed by atoms with E-state index in [1.54, 1.807) is 12.1 Å². The van der Waals surface area contributed by atoms with Crippen LogP contribution >= 0.6 is 27.7 Å². The number of rotatable bonds is 4. The van der Waals surface area contributed by atoms with Crippen molar-refractivity contribution in [1.82, 2.24) is 10.9 Å². The van der Waals surface area contributed by atoms with Crippen molar-refractivity contribution in [2.24, 2.45) is 0 Å². The minimum Gasteiger partial charge on any atom is -0.272 e. The van der Waals surface area contributed by atoms with Gasteiger partial charge < -0.3 is 0 Å². The second-order valence-electron chi connectivity index (χ2n) is 5.07. The van der Waals surface area contributed by atoms with Crippen LogP contribution in [-0.2, 0) is 4.79 Å². The van der Waals surface area contributed by atoms with Crippen LogP contribution in [-0.4, -0.2) is 17.6 Å². The van der Waals surface area contributed by atoms with E-state index in [1.165, 1.54) is 11.8 Å². The summed E-state index contributed by atoms with van der Waals surface area (Å²) in [7, 11) is 0. The topological polar surface area (TPSA) is 58.2 Å². The first-order chi connectivity index (χ1) is 11.0. The maximum absolute atomic E-state index is 11.9. The lowest BCUT2D eigenvalue weighted by Gasteiger charge is -2.09. The summed E-state index contributed by atoms with van der Waals surface area (Å²) in [6.07, 6.45) is 0. The largest absolute Gasteiger partial charge is 0.272 e. The zero-order valence-corrected chi connectivity index (χ0v) is 15.3. The predicted molar refractivity (Wildman–Crippen MR) is 96.4 cm³/mol. The third-order valence-corrected chi connectivity index (χ3v) is 4.79. The van der Waals surface area contributed by atoms with Gasteiger partial charge in [0.2, 0.25) is 5.91 Å². The van der Waals surface area contributed by atoms with E-state index in [9.17, 15) is 9.59 Å². The first-order valence-electron chi connectivity index (χ1n) is 7.00. The Hall–Kier alpha value is -1.79. The van der Waals surface area contributed by atoms with Gasteiger partial charge in [-0.3, -0.25) is 20.4 Å². The maximum Gasteiger partial charge on any atom is 0.269 e. The Balaban J connectivity index is 1.81. The third kappa shape index (κ3) is 5.41. The number of halogens is 1. The smallest absolute Gasteiger partial charge is 0.269 e. The first-order valence-corrected chi connectivity index (χ1v) is 8.78. The highest BCUT2D eigenvalue weighted by atomic mass is 79.9. The van der Waals surface area contributed by atoms with E-state index >= 15 is 0 Å². The molecular weight excluding hydrogens is 376 g/mol. The molecule has 2 rings (SSSR count). The van der Waals surface area contributed by atoms with Crippen LogP contribution in [0, 0.1) is 13.8 Å². The Morgan fingerprint density at radius 3 is 2.39 bits per heavy atom. The molecule has 0 aliphatic rings. The third-order valence-electron chi connectivity index (χ3n) is 3.12. The Bertz CT molecular complexity index is 717. The Labute approximate surface area is 148 Å². The molecule has 0 bridgehead atoms. The molecule has 0 aliphatic carbocycles. The van der Waals surface area contributed by atoms with Crippen molar-refractivity contribution in [2.45, 2.75) is 18.7 Å². The zero-order valence-electron chi connectivity index (χ0n) is 12.9. The van der Waals surface area contributed by atoms with Crippen LogP contribution in [0.25, 0.3) is 0 Å². The van der Waals surface area contributed by atoms with Crippen LogP contribution in [0.4, 0.5) is 0 Å². The summed E-state index contributed by atoms with van der Waals surface area (Å²) in [5.41, 5.74) is 7.53. The normalized spacial score (nSPS) is 10.2. The molecule has 2 N–H and O–H groups in total. The zero-order chi connectivity index (χ0) is 16.8. The molecule has 0 fully saturated rings. The van der Waals surface area contributed by atoms with E-state index in [1.807, 2.05) is 44.2 Å². The van der Waals surface area contributed by atoms with Crippen molar-refractivity contribution in [3.05, 3.63) is 63.6 Å². The minimum absolute atomic E-state index is 0.233. The van der Waals surface area contributed by atoms with Crippen LogP contribution in [0.3, 0.4) is 0 Å². The summed E-state index contributed by atoms with van der Waals surface area (Å²) in [5.74, 6) is -0.350. The number of thioether (sulfide) groups is 1. The number of benzene rings is 2. The molecule has 0 unspecified atom stereocenters. The van der Waals surface area contributed by atoms with E-state index in [-0.39, 0.29) is 17.6 Å². The van der Waals surface area contributed by atoms with Gasteiger partial charge in [-0.15, -0.1) is 11.8 Å². The van der Waals surface area contributed by atoms with E-state index < -0.39 is 0 Å². The number of carbonyl (C=O) groups excluding carboxylic acids is 2. The summed E-state index contributed by atoms with van der Waals surface area (Å²) in [5, 5.41) is 0. The molecule has 23 heavy (non-hydrogen) atoms. The molecule has 120 valence electrons. The van der Waals surface area contributed by atoms with Crippen molar-refractivity contribution in [3.8, 4) is 0 Å². The average Bonchev–Trinajstić information content (AvgIpc) is 2.52. The fraction of sp³-hybridized carbons (Fsp3) is 0.176. The summed E-state index contributed by atoms with van der Waals surface area (Å²) in [4.78, 5) is 24.8. The molecule has 4 nitrogen and oxygen atoms in total. The summed E-state index contributed by atoms with van der Waals surface area (Å²) >= 11 is 4.84. The maximum atomic E-state index is 11.9. The number of hydrogen-bond acceptors (Lipinski definition) is 3. The van der Waals surface area contributed by atoms with E-state index in [0.29, 0.717) is 5.56 Å². The van der Waals surface area contributed by atoms with E-state index in [2.05, 4.69) is 26.8 Å². The van der Waals surface area contributed by atoms with Gasteiger partial charge in [0.15, 0.2) is 0 Å². The fourth-order valence-electron chi connectivity index (χ4n) is 1.86. The number of amides is 2. The quantitative estimate of drug-likeness (QED) is 0.616. The molecule has 0 saturated heterocycles. The predicted octanol–water partition coefficient (Wildman–Crippen LogP) is 3.62. The first kappa shape index (κ1) is 17.6. The molecule has 0 spiro atoms. The van der Waals surface area contributed by atoms with Crippen molar-refractivity contribution in [3.63, 3.8) is 0 Å². The van der Waals surface area contributed by atoms with Crippen LogP contribution in [0.5, 0.6) is 0 Å². The Kier molecular flexibility index (Phi) is 6.24. The highest BCUT2D eigenvalue weighted by Gasteiger charge is 2.08. The van der Waals surface area contributed by atoms with Gasteiger partial charge in [-0.25, -0.2) is 0 Å². The molecule has 2 aromatic carbocycles. The molecule has 0 radical (unpaired) electrons. The lowest BCUT2D eigenvalue weighted by Crippen LogP contribution is -2.42. The van der Waals surface area contributed by atoms with Crippen molar-refractivity contribution in [1.29, 1.82) is 0 Å². The summed E-state index contributed by atoms with van der Waals surface area (Å²) in [6, 6.07) is 13.0. The van der Waals surface area contributed by atoms with Gasteiger partial charge in [0.25, 0.3) is 5.91 Å². The lowest BCUT2D eigenvalue weighted by molar-refractivity contribution is -0.119. The van der Waals surface area contributed by atoms with Gasteiger partial charge in [-0.05, 0) is 49.7 Å². The number of hydrogen-bond donors (Lipinski definition) is 2. The van der Waals surface area contributed by atoms with Crippen LogP contribution in [0.2, 0.25) is 0 Å². The SMILES string of the molecule is Cc1ccc(C(=O)NNC(=O)CSc2ccc(Br)cc2C)cc1. The Morgan fingerprint density at radius 2 is 1.74 bits per heavy atom. The summed E-state index contributed by atoms with van der Waals surface area (Å²) < 4.78 is 1.01. The second kappa shape index (κ2) is 8.17. The molecule has 6 heteroatoms. The van der Waals surface area contributed by atoms with Gasteiger partial charge in [0.1, 0.15) is 0 Å². The average molecular weight is 393 g/mol. The number of carbonyl (C=O) groups is 2. The van der Waals surface area contributed by atoms with E-state index in [0.717, 1.165) is 20.5 Å². The van der Waals surface area contributed by atoms with Crippen LogP contribution in [0.15, 0.2) is 51.8 Å². The Morgan fingerprint density at radius 1 is 1.04 bits per heavy atom. The van der Waals surface area contributed by atoms with Crippen LogP contribution in [0.1, 0.15) is 21.5 Å². The molecule has 0 aromatic heterocycles. The minimum atomic E-state index is -0.330. The molecule has 0 atom stereocenters. The number of aryl methyl sites for hydroxylation is 2. The van der Waals surface area contributed by atoms with Gasteiger partial charge in [-0.2, -0.15) is 0 Å².